The van der Waals surface area contributed by atoms with Gasteiger partial charge in [0.25, 0.3) is 5.91 Å². The molecule has 4 aliphatic rings. The first kappa shape index (κ1) is 28.2. The molecule has 0 radical (unpaired) electrons. The summed E-state index contributed by atoms with van der Waals surface area (Å²) in [5.74, 6) is -5.61. The van der Waals surface area contributed by atoms with Gasteiger partial charge >= 0.3 is 0 Å². The van der Waals surface area contributed by atoms with Crippen molar-refractivity contribution in [1.29, 1.82) is 0 Å². The quantitative estimate of drug-likeness (QED) is 0.309. The summed E-state index contributed by atoms with van der Waals surface area (Å²) < 4.78 is 19.6. The van der Waals surface area contributed by atoms with Crippen molar-refractivity contribution < 1.29 is 38.5 Å². The minimum Gasteiger partial charge on any atom is -0.510 e. The number of primary amides is 1. The molecule has 3 unspecified atom stereocenters. The molecule has 222 valence electrons. The van der Waals surface area contributed by atoms with Crippen LogP contribution in [-0.2, 0) is 27.3 Å². The SMILES string of the molecule is CN(C)[C@@H]1C(O)=C(C(N)=O)C(=O)C2C(=O)C3=C(O)c4c(O)ccc(-c5occc5CN5CCC(F)CC5)c4CC3CC21. The first-order valence-electron chi connectivity index (χ1n) is 14.2. The maximum Gasteiger partial charge on any atom is 0.255 e. The van der Waals surface area contributed by atoms with E-state index in [1.807, 2.05) is 6.07 Å². The molecule has 2 heterocycles. The van der Waals surface area contributed by atoms with Crippen molar-refractivity contribution in [1.82, 2.24) is 9.80 Å². The summed E-state index contributed by atoms with van der Waals surface area (Å²) in [5.41, 5.74) is 7.11. The summed E-state index contributed by atoms with van der Waals surface area (Å²) in [4.78, 5) is 43.3. The van der Waals surface area contributed by atoms with Gasteiger partial charge in [0.05, 0.1) is 23.8 Å². The summed E-state index contributed by atoms with van der Waals surface area (Å²) in [6.45, 7) is 1.81. The lowest BCUT2D eigenvalue weighted by Crippen LogP contribution is -2.55. The summed E-state index contributed by atoms with van der Waals surface area (Å²) in [6, 6.07) is 4.20. The van der Waals surface area contributed by atoms with Crippen LogP contribution in [0.2, 0.25) is 0 Å². The number of amides is 1. The highest BCUT2D eigenvalue weighted by Crippen LogP contribution is 2.52. The number of likely N-dealkylation sites (N-methyl/N-ethyl adjacent to an activating group) is 1. The number of aromatic hydroxyl groups is 1. The van der Waals surface area contributed by atoms with Crippen LogP contribution in [0.15, 0.2) is 45.8 Å². The van der Waals surface area contributed by atoms with E-state index in [0.717, 1.165) is 5.56 Å². The van der Waals surface area contributed by atoms with E-state index in [-0.39, 0.29) is 29.7 Å². The smallest absolute Gasteiger partial charge is 0.255 e. The van der Waals surface area contributed by atoms with Gasteiger partial charge in [0.15, 0.2) is 11.6 Å². The number of alkyl halides is 1. The number of phenols is 1. The number of aliphatic hydroxyl groups is 2. The molecule has 0 bridgehead atoms. The molecule has 1 aromatic heterocycles. The fourth-order valence-electron chi connectivity index (χ4n) is 7.48. The van der Waals surface area contributed by atoms with Gasteiger partial charge in [-0.2, -0.15) is 0 Å². The van der Waals surface area contributed by atoms with E-state index in [0.29, 0.717) is 49.4 Å². The molecule has 1 saturated heterocycles. The number of hydrogen-bond acceptors (Lipinski definition) is 9. The zero-order chi connectivity index (χ0) is 30.0. The number of halogens is 1. The predicted octanol–water partition coefficient (Wildman–Crippen LogP) is 3.04. The number of rotatable bonds is 5. The molecule has 3 aliphatic carbocycles. The number of carbonyl (C=O) groups is 3. The average Bonchev–Trinajstić information content (AvgIpc) is 3.37. The van der Waals surface area contributed by atoms with Gasteiger partial charge in [0, 0.05) is 36.3 Å². The normalized spacial score (nSPS) is 26.9. The number of fused-ring (bicyclic) bond motifs is 3. The number of carbonyl (C=O) groups excluding carboxylic acids is 3. The largest absolute Gasteiger partial charge is 0.510 e. The Balaban J connectivity index is 1.42. The van der Waals surface area contributed by atoms with Crippen molar-refractivity contribution in [3.63, 3.8) is 0 Å². The highest BCUT2D eigenvalue weighted by Gasteiger charge is 2.55. The van der Waals surface area contributed by atoms with E-state index in [4.69, 9.17) is 10.2 Å². The molecule has 2 fully saturated rings. The Morgan fingerprint density at radius 2 is 1.83 bits per heavy atom. The minimum absolute atomic E-state index is 0.0287. The maximum absolute atomic E-state index is 13.9. The number of likely N-dealkylation sites (tertiary alicyclic amines) is 1. The van der Waals surface area contributed by atoms with E-state index in [2.05, 4.69) is 4.90 Å². The number of nitrogens with two attached hydrogens (primary N) is 1. The Bertz CT molecular complexity index is 1550. The van der Waals surface area contributed by atoms with Crippen LogP contribution in [0.1, 0.15) is 36.0 Å². The molecular formula is C31H34FN3O7. The predicted molar refractivity (Wildman–Crippen MR) is 150 cm³/mol. The zero-order valence-electron chi connectivity index (χ0n) is 23.5. The zero-order valence-corrected chi connectivity index (χ0v) is 23.5. The number of Topliss-reactive ketones (excluding diaryl/α,β-unsaturated/α-hetero) is 2. The van der Waals surface area contributed by atoms with E-state index < -0.39 is 64.5 Å². The van der Waals surface area contributed by atoms with Crippen LogP contribution in [0, 0.1) is 17.8 Å². The van der Waals surface area contributed by atoms with E-state index in [9.17, 15) is 34.1 Å². The molecule has 1 amide bonds. The molecule has 2 aromatic rings. The van der Waals surface area contributed by atoms with Crippen LogP contribution >= 0.6 is 0 Å². The molecule has 1 aromatic carbocycles. The van der Waals surface area contributed by atoms with Crippen LogP contribution in [0.5, 0.6) is 5.75 Å². The van der Waals surface area contributed by atoms with Crippen molar-refractivity contribution in [2.75, 3.05) is 27.2 Å². The van der Waals surface area contributed by atoms with Gasteiger partial charge in [-0.05, 0) is 75.4 Å². The van der Waals surface area contributed by atoms with Crippen molar-refractivity contribution in [3.05, 3.63) is 58.1 Å². The van der Waals surface area contributed by atoms with Crippen LogP contribution in [-0.4, -0.2) is 82.0 Å². The van der Waals surface area contributed by atoms with Gasteiger partial charge in [0.2, 0.25) is 0 Å². The van der Waals surface area contributed by atoms with Gasteiger partial charge in [0.1, 0.15) is 34.8 Å². The number of hydrogen-bond donors (Lipinski definition) is 4. The second-order valence-corrected chi connectivity index (χ2v) is 12.0. The van der Waals surface area contributed by atoms with E-state index >= 15 is 0 Å². The number of allylic oxidation sites excluding steroid dienone is 1. The topological polar surface area (TPSA) is 158 Å². The minimum atomic E-state index is -1.30. The number of ketones is 2. The standard InChI is InChI=1S/C31H34FN3O7/c1-34(2)25-19-12-15-11-18-17(30-14(7-10-42-30)13-35-8-5-16(32)6-9-35)3-4-20(36)22(18)26(37)21(15)27(38)23(19)28(39)24(29(25)40)31(33)41/h3-4,7,10,15-16,19,23,25,36-37,40H,5-6,8-9,11-13H2,1-2H3,(H2,33,41)/t15?,19?,23?,25-/m0/s1. The molecular weight excluding hydrogens is 545 g/mol. The third kappa shape index (κ3) is 4.33. The van der Waals surface area contributed by atoms with Crippen molar-refractivity contribution in [2.45, 2.75) is 44.4 Å². The first-order chi connectivity index (χ1) is 20.0. The van der Waals surface area contributed by atoms with Gasteiger partial charge in [-0.15, -0.1) is 0 Å². The van der Waals surface area contributed by atoms with Gasteiger partial charge < -0.3 is 25.5 Å². The van der Waals surface area contributed by atoms with Crippen molar-refractivity contribution >= 4 is 23.2 Å². The third-order valence-corrected chi connectivity index (χ3v) is 9.35. The summed E-state index contributed by atoms with van der Waals surface area (Å²) in [6.07, 6.45) is 2.26. The summed E-state index contributed by atoms with van der Waals surface area (Å²) >= 11 is 0. The second kappa shape index (κ2) is 10.4. The molecule has 11 heteroatoms. The Morgan fingerprint density at radius 3 is 2.50 bits per heavy atom. The number of benzene rings is 1. The van der Waals surface area contributed by atoms with Crippen LogP contribution in [0.25, 0.3) is 17.1 Å². The average molecular weight is 580 g/mol. The van der Waals surface area contributed by atoms with Gasteiger partial charge in [-0.3, -0.25) is 24.2 Å². The fourth-order valence-corrected chi connectivity index (χ4v) is 7.48. The third-order valence-electron chi connectivity index (χ3n) is 9.35. The van der Waals surface area contributed by atoms with E-state index in [1.54, 1.807) is 31.3 Å². The molecule has 42 heavy (non-hydrogen) atoms. The van der Waals surface area contributed by atoms with Crippen molar-refractivity contribution in [3.8, 4) is 17.1 Å². The lowest BCUT2D eigenvalue weighted by atomic mass is 9.59. The number of aliphatic hydroxyl groups excluding tert-OH is 2. The Labute approximate surface area is 241 Å². The van der Waals surface area contributed by atoms with Crippen LogP contribution < -0.4 is 5.73 Å². The highest BCUT2D eigenvalue weighted by atomic mass is 19.1. The summed E-state index contributed by atoms with van der Waals surface area (Å²) in [7, 11) is 3.36. The molecule has 4 atom stereocenters. The second-order valence-electron chi connectivity index (χ2n) is 12.0. The number of phenolic OH excluding ortho intramolecular Hbond substituents is 1. The number of furan rings is 1. The Hall–Kier alpha value is -3.96. The molecule has 5 N–H and O–H groups in total. The van der Waals surface area contributed by atoms with Crippen LogP contribution in [0.3, 0.4) is 0 Å². The molecule has 10 nitrogen and oxygen atoms in total. The lowest BCUT2D eigenvalue weighted by molar-refractivity contribution is -0.136. The van der Waals surface area contributed by atoms with Crippen molar-refractivity contribution in [2.24, 2.45) is 23.5 Å². The Kier molecular flexibility index (Phi) is 6.97. The lowest BCUT2D eigenvalue weighted by Gasteiger charge is -2.46. The molecule has 0 spiro atoms. The number of piperidine rings is 1. The van der Waals surface area contributed by atoms with Gasteiger partial charge in [-0.25, -0.2) is 4.39 Å². The molecule has 1 saturated carbocycles. The van der Waals surface area contributed by atoms with Gasteiger partial charge in [-0.1, -0.05) is 0 Å². The Morgan fingerprint density at radius 1 is 1.12 bits per heavy atom. The van der Waals surface area contributed by atoms with E-state index in [1.165, 1.54) is 6.07 Å². The summed E-state index contributed by atoms with van der Waals surface area (Å²) in [5, 5.41) is 33.3. The number of nitrogens with zero attached hydrogens (tertiary/aromatic N) is 2. The highest BCUT2D eigenvalue weighted by molar-refractivity contribution is 6.28. The van der Waals surface area contributed by atoms with Crippen LogP contribution in [0.4, 0.5) is 4.39 Å². The maximum atomic E-state index is 13.9. The fraction of sp³-hybridized carbons (Fsp3) is 0.452. The first-order valence-corrected chi connectivity index (χ1v) is 14.2. The molecule has 6 rings (SSSR count). The molecule has 1 aliphatic heterocycles. The monoisotopic (exact) mass is 579 g/mol.